The molecular weight excluding hydrogens is 345 g/mol. The van der Waals surface area contributed by atoms with Gasteiger partial charge >= 0.3 is 0 Å². The van der Waals surface area contributed by atoms with Gasteiger partial charge in [-0.2, -0.15) is 5.10 Å². The topological polar surface area (TPSA) is 46.9 Å². The summed E-state index contributed by atoms with van der Waals surface area (Å²) >= 11 is 12.3. The van der Waals surface area contributed by atoms with Gasteiger partial charge in [-0.15, -0.1) is 0 Å². The molecule has 2 aromatic carbocycles. The Hall–Kier alpha value is -2.30. The fraction of sp³-hybridized carbons (Fsp3) is 0.111. The molecule has 0 aliphatic rings. The van der Waals surface area contributed by atoms with Gasteiger partial charge in [0.1, 0.15) is 5.82 Å². The first-order chi connectivity index (χ1) is 11.6. The molecule has 1 N–H and O–H groups in total. The van der Waals surface area contributed by atoms with Crippen LogP contribution in [0.2, 0.25) is 10.0 Å². The van der Waals surface area contributed by atoms with Crippen LogP contribution in [0, 0.1) is 0 Å². The van der Waals surface area contributed by atoms with Crippen LogP contribution in [0.1, 0.15) is 11.1 Å². The summed E-state index contributed by atoms with van der Waals surface area (Å²) in [5.41, 5.74) is 1.72. The lowest BCUT2D eigenvalue weighted by atomic mass is 10.1. The Morgan fingerprint density at radius 2 is 1.58 bits per heavy atom. The molecule has 0 spiro atoms. The molecule has 0 radical (unpaired) electrons. The highest BCUT2D eigenvalue weighted by Crippen LogP contribution is 2.19. The van der Waals surface area contributed by atoms with Crippen molar-refractivity contribution in [2.45, 2.75) is 13.0 Å². The zero-order valence-corrected chi connectivity index (χ0v) is 14.3. The van der Waals surface area contributed by atoms with Crippen LogP contribution in [0.15, 0.2) is 60.8 Å². The molecule has 1 amide bonds. The first-order valence-corrected chi connectivity index (χ1v) is 8.17. The van der Waals surface area contributed by atoms with Crippen LogP contribution in [0.25, 0.3) is 0 Å². The third-order valence-electron chi connectivity index (χ3n) is 3.57. The van der Waals surface area contributed by atoms with Crippen LogP contribution < -0.4 is 5.32 Å². The summed E-state index contributed by atoms with van der Waals surface area (Å²) in [5.74, 6) is 0.469. The van der Waals surface area contributed by atoms with Crippen LogP contribution in [-0.4, -0.2) is 15.7 Å². The van der Waals surface area contributed by atoms with E-state index in [0.717, 1.165) is 11.1 Å². The number of carbonyl (C=O) groups excluding carboxylic acids is 1. The van der Waals surface area contributed by atoms with Crippen LogP contribution in [-0.2, 0) is 17.8 Å². The second-order valence-corrected chi connectivity index (χ2v) is 6.10. The number of halogens is 2. The maximum atomic E-state index is 12.3. The summed E-state index contributed by atoms with van der Waals surface area (Å²) in [6.45, 7) is 0.481. The number of rotatable bonds is 5. The summed E-state index contributed by atoms with van der Waals surface area (Å²) in [4.78, 5) is 12.3. The number of carbonyl (C=O) groups is 1. The molecule has 122 valence electrons. The zero-order valence-electron chi connectivity index (χ0n) is 12.7. The molecule has 0 fully saturated rings. The second-order valence-electron chi connectivity index (χ2n) is 5.28. The minimum absolute atomic E-state index is 0.149. The lowest BCUT2D eigenvalue weighted by Crippen LogP contribution is -2.18. The molecule has 0 aliphatic carbocycles. The van der Waals surface area contributed by atoms with E-state index >= 15 is 0 Å². The van der Waals surface area contributed by atoms with Crippen molar-refractivity contribution in [3.05, 3.63) is 82.0 Å². The van der Waals surface area contributed by atoms with E-state index in [1.807, 2.05) is 42.5 Å². The third kappa shape index (κ3) is 3.96. The maximum absolute atomic E-state index is 12.3. The van der Waals surface area contributed by atoms with Gasteiger partial charge in [0.2, 0.25) is 5.91 Å². The first kappa shape index (κ1) is 16.6. The minimum Gasteiger partial charge on any atom is -0.311 e. The molecule has 6 heteroatoms. The maximum Gasteiger partial charge on any atom is 0.229 e. The van der Waals surface area contributed by atoms with Crippen molar-refractivity contribution in [2.24, 2.45) is 0 Å². The van der Waals surface area contributed by atoms with Crippen molar-refractivity contribution >= 4 is 34.9 Å². The number of anilines is 1. The smallest absolute Gasteiger partial charge is 0.229 e. The van der Waals surface area contributed by atoms with E-state index in [4.69, 9.17) is 23.2 Å². The Labute approximate surface area is 150 Å². The van der Waals surface area contributed by atoms with E-state index < -0.39 is 0 Å². The Morgan fingerprint density at radius 3 is 2.25 bits per heavy atom. The molecule has 4 nitrogen and oxygen atoms in total. The van der Waals surface area contributed by atoms with Gasteiger partial charge in [-0.1, -0.05) is 59.6 Å². The second kappa shape index (κ2) is 7.51. The summed E-state index contributed by atoms with van der Waals surface area (Å²) in [6.07, 6.45) is 1.85. The highest BCUT2D eigenvalue weighted by Gasteiger charge is 2.11. The summed E-state index contributed by atoms with van der Waals surface area (Å²) < 4.78 is 1.70. The molecule has 1 aromatic heterocycles. The van der Waals surface area contributed by atoms with Crippen LogP contribution in [0.5, 0.6) is 0 Å². The van der Waals surface area contributed by atoms with E-state index in [0.29, 0.717) is 22.4 Å². The zero-order chi connectivity index (χ0) is 16.9. The SMILES string of the molecule is O=C(Cc1ccccc1Cl)Nc1ccnn1Cc1ccccc1Cl. The predicted molar refractivity (Wildman–Crippen MR) is 96.6 cm³/mol. The quantitative estimate of drug-likeness (QED) is 0.732. The van der Waals surface area contributed by atoms with E-state index in [1.54, 1.807) is 23.0 Å². The van der Waals surface area contributed by atoms with Gasteiger partial charge in [-0.25, -0.2) is 4.68 Å². The Bertz CT molecular complexity index is 861. The molecule has 3 rings (SSSR count). The van der Waals surface area contributed by atoms with Gasteiger partial charge in [0.15, 0.2) is 0 Å². The Balaban J connectivity index is 1.70. The Morgan fingerprint density at radius 1 is 0.958 bits per heavy atom. The number of aromatic nitrogens is 2. The average molecular weight is 360 g/mol. The standard InChI is InChI=1S/C18H15Cl2N3O/c19-15-7-3-1-5-13(15)11-18(24)22-17-9-10-21-23(17)12-14-6-2-4-8-16(14)20/h1-10H,11-12H2,(H,22,24). The molecule has 0 aliphatic heterocycles. The molecule has 1 heterocycles. The Kier molecular flexibility index (Phi) is 5.18. The van der Waals surface area contributed by atoms with Crippen LogP contribution in [0.3, 0.4) is 0 Å². The third-order valence-corrected chi connectivity index (χ3v) is 4.31. The van der Waals surface area contributed by atoms with Crippen molar-refractivity contribution in [3.63, 3.8) is 0 Å². The van der Waals surface area contributed by atoms with Crippen molar-refractivity contribution < 1.29 is 4.79 Å². The molecule has 0 atom stereocenters. The van der Waals surface area contributed by atoms with Gasteiger partial charge < -0.3 is 5.32 Å². The van der Waals surface area contributed by atoms with Gasteiger partial charge in [0.25, 0.3) is 0 Å². The summed E-state index contributed by atoms with van der Waals surface area (Å²) in [6, 6.07) is 16.6. The van der Waals surface area contributed by atoms with Gasteiger partial charge in [0.05, 0.1) is 19.2 Å². The number of hydrogen-bond donors (Lipinski definition) is 1. The highest BCUT2D eigenvalue weighted by molar-refractivity contribution is 6.31. The molecule has 3 aromatic rings. The van der Waals surface area contributed by atoms with E-state index in [1.165, 1.54) is 0 Å². The summed E-state index contributed by atoms with van der Waals surface area (Å²) in [5, 5.41) is 8.36. The van der Waals surface area contributed by atoms with E-state index in [2.05, 4.69) is 10.4 Å². The number of nitrogens with zero attached hydrogens (tertiary/aromatic N) is 2. The molecule has 0 saturated carbocycles. The van der Waals surface area contributed by atoms with Crippen LogP contribution >= 0.6 is 23.2 Å². The monoisotopic (exact) mass is 359 g/mol. The van der Waals surface area contributed by atoms with E-state index in [9.17, 15) is 4.79 Å². The van der Waals surface area contributed by atoms with Crippen molar-refractivity contribution in [3.8, 4) is 0 Å². The normalized spacial score (nSPS) is 10.6. The molecular formula is C18H15Cl2N3O. The predicted octanol–water partition coefficient (Wildman–Crippen LogP) is 4.42. The van der Waals surface area contributed by atoms with Gasteiger partial charge in [-0.3, -0.25) is 4.79 Å². The highest BCUT2D eigenvalue weighted by atomic mass is 35.5. The molecule has 0 saturated heterocycles. The molecule has 24 heavy (non-hydrogen) atoms. The fourth-order valence-electron chi connectivity index (χ4n) is 2.35. The summed E-state index contributed by atoms with van der Waals surface area (Å²) in [7, 11) is 0. The molecule has 0 bridgehead atoms. The first-order valence-electron chi connectivity index (χ1n) is 7.42. The van der Waals surface area contributed by atoms with Crippen LogP contribution in [0.4, 0.5) is 5.82 Å². The number of benzene rings is 2. The fourth-order valence-corrected chi connectivity index (χ4v) is 2.75. The number of amides is 1. The number of nitrogens with one attached hydrogen (secondary N) is 1. The number of hydrogen-bond acceptors (Lipinski definition) is 2. The van der Waals surface area contributed by atoms with Gasteiger partial charge in [0, 0.05) is 16.1 Å². The van der Waals surface area contributed by atoms with Crippen molar-refractivity contribution in [2.75, 3.05) is 5.32 Å². The van der Waals surface area contributed by atoms with Crippen molar-refractivity contribution in [1.29, 1.82) is 0 Å². The lowest BCUT2D eigenvalue weighted by Gasteiger charge is -2.10. The average Bonchev–Trinajstić information content (AvgIpc) is 2.99. The van der Waals surface area contributed by atoms with E-state index in [-0.39, 0.29) is 12.3 Å². The molecule has 0 unspecified atom stereocenters. The lowest BCUT2D eigenvalue weighted by molar-refractivity contribution is -0.115. The van der Waals surface area contributed by atoms with Crippen molar-refractivity contribution in [1.82, 2.24) is 9.78 Å². The van der Waals surface area contributed by atoms with Gasteiger partial charge in [-0.05, 0) is 23.3 Å². The largest absolute Gasteiger partial charge is 0.311 e. The minimum atomic E-state index is -0.149.